The van der Waals surface area contributed by atoms with Crippen LogP contribution in [-0.2, 0) is 11.3 Å². The fraction of sp³-hybridized carbons (Fsp3) is 0.462. The van der Waals surface area contributed by atoms with Gasteiger partial charge in [0, 0.05) is 6.54 Å². The van der Waals surface area contributed by atoms with Crippen molar-refractivity contribution >= 4 is 5.97 Å². The van der Waals surface area contributed by atoms with Gasteiger partial charge < -0.3 is 15.2 Å². The van der Waals surface area contributed by atoms with Crippen molar-refractivity contribution in [2.45, 2.75) is 27.3 Å². The van der Waals surface area contributed by atoms with Crippen molar-refractivity contribution in [3.8, 4) is 5.75 Å². The van der Waals surface area contributed by atoms with Crippen LogP contribution in [0.15, 0.2) is 6.07 Å². The first kappa shape index (κ1) is 13.5. The van der Waals surface area contributed by atoms with Crippen LogP contribution in [0.3, 0.4) is 0 Å². The van der Waals surface area contributed by atoms with Gasteiger partial charge in [0.05, 0.1) is 13.7 Å². The molecule has 0 aliphatic heterocycles. The van der Waals surface area contributed by atoms with Crippen LogP contribution in [0.25, 0.3) is 0 Å². The molecule has 94 valence electrons. The fourth-order valence-electron chi connectivity index (χ4n) is 1.94. The topological polar surface area (TPSA) is 58.6 Å². The summed E-state index contributed by atoms with van der Waals surface area (Å²) in [6.45, 7) is 6.57. The monoisotopic (exact) mass is 237 g/mol. The summed E-state index contributed by atoms with van der Waals surface area (Å²) >= 11 is 0. The summed E-state index contributed by atoms with van der Waals surface area (Å²) in [7, 11) is 1.66. The molecule has 0 saturated heterocycles. The van der Waals surface area contributed by atoms with Gasteiger partial charge in [-0.1, -0.05) is 6.07 Å². The zero-order chi connectivity index (χ0) is 13.0. The van der Waals surface area contributed by atoms with Gasteiger partial charge in [0.15, 0.2) is 0 Å². The lowest BCUT2D eigenvalue weighted by Gasteiger charge is -2.15. The van der Waals surface area contributed by atoms with Crippen LogP contribution >= 0.6 is 0 Å². The third kappa shape index (κ3) is 3.20. The van der Waals surface area contributed by atoms with Crippen LogP contribution in [0.4, 0.5) is 0 Å². The van der Waals surface area contributed by atoms with Gasteiger partial charge in [-0.15, -0.1) is 0 Å². The molecule has 4 nitrogen and oxygen atoms in total. The maximum atomic E-state index is 10.4. The first-order valence-electron chi connectivity index (χ1n) is 5.53. The van der Waals surface area contributed by atoms with Crippen molar-refractivity contribution < 1.29 is 14.6 Å². The number of hydrogen-bond acceptors (Lipinski definition) is 3. The van der Waals surface area contributed by atoms with Crippen LogP contribution in [-0.4, -0.2) is 24.7 Å². The molecule has 0 fully saturated rings. The fourth-order valence-corrected chi connectivity index (χ4v) is 1.94. The Hall–Kier alpha value is -1.55. The van der Waals surface area contributed by atoms with Gasteiger partial charge in [0.2, 0.25) is 0 Å². The van der Waals surface area contributed by atoms with E-state index < -0.39 is 5.97 Å². The van der Waals surface area contributed by atoms with Crippen molar-refractivity contribution in [3.63, 3.8) is 0 Å². The summed E-state index contributed by atoms with van der Waals surface area (Å²) in [6.07, 6.45) is 0. The molecule has 17 heavy (non-hydrogen) atoms. The van der Waals surface area contributed by atoms with Crippen molar-refractivity contribution in [2.75, 3.05) is 13.7 Å². The molecule has 0 heterocycles. The number of aryl methyl sites for hydroxylation is 1. The zero-order valence-corrected chi connectivity index (χ0v) is 10.8. The molecule has 0 amide bonds. The number of carboxylic acid groups (broad SMARTS) is 1. The van der Waals surface area contributed by atoms with Crippen molar-refractivity contribution in [2.24, 2.45) is 0 Å². The Bertz CT molecular complexity index is 427. The highest BCUT2D eigenvalue weighted by atomic mass is 16.5. The summed E-state index contributed by atoms with van der Waals surface area (Å²) < 4.78 is 5.34. The number of nitrogens with one attached hydrogen (secondary N) is 1. The highest BCUT2D eigenvalue weighted by Gasteiger charge is 2.10. The Morgan fingerprint density at radius 3 is 2.53 bits per heavy atom. The van der Waals surface area contributed by atoms with Crippen LogP contribution in [0.2, 0.25) is 0 Å². The number of ether oxygens (including phenoxy) is 1. The summed E-state index contributed by atoms with van der Waals surface area (Å²) in [5.41, 5.74) is 4.44. The number of aliphatic carboxylic acids is 1. The van der Waals surface area contributed by atoms with E-state index in [-0.39, 0.29) is 6.54 Å². The van der Waals surface area contributed by atoms with E-state index in [1.807, 2.05) is 26.8 Å². The van der Waals surface area contributed by atoms with E-state index in [1.54, 1.807) is 7.11 Å². The second-order valence-corrected chi connectivity index (χ2v) is 4.13. The number of hydrogen-bond donors (Lipinski definition) is 2. The normalized spacial score (nSPS) is 10.4. The lowest BCUT2D eigenvalue weighted by atomic mass is 9.98. The van der Waals surface area contributed by atoms with Gasteiger partial charge in [-0.3, -0.25) is 4.79 Å². The molecule has 1 aromatic carbocycles. The highest BCUT2D eigenvalue weighted by Crippen LogP contribution is 2.28. The standard InChI is InChI=1S/C13H19NO3/c1-8-5-11(6-14-7-12(15)16)9(2)10(3)13(8)17-4/h5,14H,6-7H2,1-4H3,(H,15,16). The molecule has 0 radical (unpaired) electrons. The maximum Gasteiger partial charge on any atom is 0.317 e. The predicted molar refractivity (Wildman–Crippen MR) is 66.5 cm³/mol. The minimum Gasteiger partial charge on any atom is -0.496 e. The average molecular weight is 237 g/mol. The first-order valence-corrected chi connectivity index (χ1v) is 5.53. The van der Waals surface area contributed by atoms with Gasteiger partial charge in [-0.25, -0.2) is 0 Å². The Morgan fingerprint density at radius 1 is 1.35 bits per heavy atom. The van der Waals surface area contributed by atoms with Gasteiger partial charge in [-0.05, 0) is 43.0 Å². The number of benzene rings is 1. The smallest absolute Gasteiger partial charge is 0.317 e. The van der Waals surface area contributed by atoms with Gasteiger partial charge in [-0.2, -0.15) is 0 Å². The molecular weight excluding hydrogens is 218 g/mol. The minimum absolute atomic E-state index is 0.0242. The minimum atomic E-state index is -0.843. The van der Waals surface area contributed by atoms with Gasteiger partial charge in [0.25, 0.3) is 0 Å². The third-order valence-electron chi connectivity index (χ3n) is 2.93. The Kier molecular flexibility index (Phi) is 4.52. The molecule has 0 unspecified atom stereocenters. The molecule has 4 heteroatoms. The number of methoxy groups -OCH3 is 1. The molecule has 1 rings (SSSR count). The molecule has 1 aromatic rings. The summed E-state index contributed by atoms with van der Waals surface area (Å²) in [6, 6.07) is 2.04. The molecule has 0 atom stereocenters. The predicted octanol–water partition coefficient (Wildman–Crippen LogP) is 1.79. The second kappa shape index (κ2) is 5.68. The molecule has 0 saturated carbocycles. The third-order valence-corrected chi connectivity index (χ3v) is 2.93. The number of rotatable bonds is 5. The van der Waals surface area contributed by atoms with Gasteiger partial charge in [0.1, 0.15) is 5.75 Å². The van der Waals surface area contributed by atoms with Crippen molar-refractivity contribution in [3.05, 3.63) is 28.3 Å². The molecule has 2 N–H and O–H groups in total. The molecular formula is C13H19NO3. The molecule has 0 spiro atoms. The molecule has 0 aromatic heterocycles. The summed E-state index contributed by atoms with van der Waals surface area (Å²) in [5.74, 6) is 0.0640. The quantitative estimate of drug-likeness (QED) is 0.819. The summed E-state index contributed by atoms with van der Waals surface area (Å²) in [4.78, 5) is 10.4. The number of carbonyl (C=O) groups is 1. The van der Waals surface area contributed by atoms with E-state index in [1.165, 1.54) is 0 Å². The van der Waals surface area contributed by atoms with E-state index >= 15 is 0 Å². The van der Waals surface area contributed by atoms with Gasteiger partial charge >= 0.3 is 5.97 Å². The Morgan fingerprint density at radius 2 is 2.00 bits per heavy atom. The zero-order valence-electron chi connectivity index (χ0n) is 10.8. The highest BCUT2D eigenvalue weighted by molar-refractivity contribution is 5.69. The van der Waals surface area contributed by atoms with Crippen LogP contribution in [0.5, 0.6) is 5.75 Å². The Balaban J connectivity index is 2.90. The summed E-state index contributed by atoms with van der Waals surface area (Å²) in [5, 5.41) is 11.5. The van der Waals surface area contributed by atoms with E-state index in [0.29, 0.717) is 6.54 Å². The van der Waals surface area contributed by atoms with Crippen molar-refractivity contribution in [1.29, 1.82) is 0 Å². The lowest BCUT2D eigenvalue weighted by Crippen LogP contribution is -2.22. The van der Waals surface area contributed by atoms with E-state index in [9.17, 15) is 4.79 Å². The first-order chi connectivity index (χ1) is 7.97. The van der Waals surface area contributed by atoms with Crippen LogP contribution in [0.1, 0.15) is 22.3 Å². The van der Waals surface area contributed by atoms with E-state index in [0.717, 1.165) is 28.0 Å². The van der Waals surface area contributed by atoms with Crippen LogP contribution < -0.4 is 10.1 Å². The second-order valence-electron chi connectivity index (χ2n) is 4.13. The van der Waals surface area contributed by atoms with E-state index in [4.69, 9.17) is 9.84 Å². The van der Waals surface area contributed by atoms with Crippen LogP contribution in [0, 0.1) is 20.8 Å². The number of carboxylic acids is 1. The van der Waals surface area contributed by atoms with Crippen molar-refractivity contribution in [1.82, 2.24) is 5.32 Å². The largest absolute Gasteiger partial charge is 0.496 e. The molecule has 0 aliphatic rings. The average Bonchev–Trinajstić information content (AvgIpc) is 2.25. The lowest BCUT2D eigenvalue weighted by molar-refractivity contribution is -0.135. The van der Waals surface area contributed by atoms with E-state index in [2.05, 4.69) is 5.32 Å². The molecule has 0 aliphatic carbocycles. The molecule has 0 bridgehead atoms. The SMILES string of the molecule is COc1c(C)cc(CNCC(=O)O)c(C)c1C. The Labute approximate surface area is 102 Å². The maximum absolute atomic E-state index is 10.4.